The summed E-state index contributed by atoms with van der Waals surface area (Å²) >= 11 is 1.11. The highest BCUT2D eigenvalue weighted by atomic mass is 35.5. The maximum absolute atomic E-state index is 12.4. The van der Waals surface area contributed by atoms with Crippen LogP contribution in [0.15, 0.2) is 10.4 Å². The zero-order chi connectivity index (χ0) is 25.9. The molecule has 0 aliphatic heterocycles. The first-order valence-electron chi connectivity index (χ1n) is 10.6. The third-order valence-corrected chi connectivity index (χ3v) is 5.06. The van der Waals surface area contributed by atoms with Crippen LogP contribution in [0.25, 0.3) is 0 Å². The number of carbonyl (C=O) groups excluding carboxylic acids is 3. The van der Waals surface area contributed by atoms with E-state index >= 15 is 0 Å². The Morgan fingerprint density at radius 1 is 1.20 bits per heavy atom. The van der Waals surface area contributed by atoms with Crippen molar-refractivity contribution < 1.29 is 24.3 Å². The van der Waals surface area contributed by atoms with Crippen LogP contribution in [0.3, 0.4) is 0 Å². The van der Waals surface area contributed by atoms with E-state index in [1.165, 1.54) is 0 Å². The number of rotatable bonds is 13. The molecule has 0 saturated carbocycles. The highest BCUT2D eigenvalue weighted by molar-refractivity contribution is 7.13. The summed E-state index contributed by atoms with van der Waals surface area (Å²) in [7, 11) is 0. The SMILES string of the molecule is CC(C)(C)CNC(=O)[C@H](CC(=O)O)NC(=O)Cc1csc(NC(=O)[C@@H](N)CCCN=C(N)N)n1.Cl. The van der Waals surface area contributed by atoms with Gasteiger partial charge in [-0.15, -0.1) is 23.7 Å². The maximum Gasteiger partial charge on any atom is 0.305 e. The summed E-state index contributed by atoms with van der Waals surface area (Å²) in [5.74, 6) is -2.84. The lowest BCUT2D eigenvalue weighted by atomic mass is 9.97. The Kier molecular flexibility index (Phi) is 13.8. The topological polar surface area (TPSA) is 228 Å². The molecule has 0 aliphatic rings. The van der Waals surface area contributed by atoms with Crippen LogP contribution in [0.4, 0.5) is 5.13 Å². The van der Waals surface area contributed by atoms with Crippen molar-refractivity contribution in [3.05, 3.63) is 11.1 Å². The fraction of sp³-hybridized carbons (Fsp3) is 0.600. The van der Waals surface area contributed by atoms with E-state index in [9.17, 15) is 19.2 Å². The predicted octanol–water partition coefficient (Wildman–Crippen LogP) is -0.451. The van der Waals surface area contributed by atoms with Gasteiger partial charge in [0, 0.05) is 18.5 Å². The molecule has 15 heteroatoms. The van der Waals surface area contributed by atoms with Crippen LogP contribution in [0.1, 0.15) is 45.7 Å². The summed E-state index contributed by atoms with van der Waals surface area (Å²) in [4.78, 5) is 56.0. The molecule has 0 unspecified atom stereocenters. The highest BCUT2D eigenvalue weighted by Crippen LogP contribution is 2.16. The number of amides is 3. The largest absolute Gasteiger partial charge is 0.481 e. The standard InChI is InChI=1S/C20H34N8O5S.ClH/c1-20(2,3)10-25-17(33)13(8-15(30)31)27-14(29)7-11-9-34-19(26-11)28-16(32)12(21)5-4-6-24-18(22)23;/h9,12-13H,4-8,10,21H2,1-3H3,(H,25,33)(H,27,29)(H,30,31)(H4,22,23,24)(H,26,28,32);1H/t12-,13-;/m0./s1. The van der Waals surface area contributed by atoms with E-state index < -0.39 is 42.2 Å². The molecule has 1 rings (SSSR count). The summed E-state index contributed by atoms with van der Waals surface area (Å²) in [5.41, 5.74) is 16.5. The second-order valence-electron chi connectivity index (χ2n) is 8.86. The Morgan fingerprint density at radius 3 is 2.43 bits per heavy atom. The number of carboxylic acids is 1. The van der Waals surface area contributed by atoms with Gasteiger partial charge >= 0.3 is 5.97 Å². The van der Waals surface area contributed by atoms with E-state index in [0.717, 1.165) is 11.3 Å². The molecule has 2 atom stereocenters. The smallest absolute Gasteiger partial charge is 0.305 e. The molecular weight excluding hydrogens is 500 g/mol. The lowest BCUT2D eigenvalue weighted by Gasteiger charge is -2.22. The Bertz CT molecular complexity index is 898. The van der Waals surface area contributed by atoms with Crippen LogP contribution in [0.2, 0.25) is 0 Å². The average molecular weight is 535 g/mol. The Morgan fingerprint density at radius 2 is 1.86 bits per heavy atom. The van der Waals surface area contributed by atoms with Crippen molar-refractivity contribution in [1.82, 2.24) is 15.6 Å². The lowest BCUT2D eigenvalue weighted by Crippen LogP contribution is -2.49. The van der Waals surface area contributed by atoms with E-state index in [1.54, 1.807) is 5.38 Å². The van der Waals surface area contributed by atoms with Gasteiger partial charge in [0.1, 0.15) is 6.04 Å². The molecule has 1 heterocycles. The first kappa shape index (κ1) is 32.0. The van der Waals surface area contributed by atoms with Crippen LogP contribution in [-0.4, -0.2) is 64.9 Å². The second-order valence-corrected chi connectivity index (χ2v) is 9.72. The monoisotopic (exact) mass is 534 g/mol. The summed E-state index contributed by atoms with van der Waals surface area (Å²) in [6.07, 6.45) is 0.142. The molecule has 0 spiro atoms. The molecule has 35 heavy (non-hydrogen) atoms. The Balaban J connectivity index is 0.0000116. The van der Waals surface area contributed by atoms with Gasteiger partial charge in [-0.05, 0) is 18.3 Å². The van der Waals surface area contributed by atoms with E-state index in [-0.39, 0.29) is 35.3 Å². The van der Waals surface area contributed by atoms with Gasteiger partial charge in [0.25, 0.3) is 0 Å². The maximum atomic E-state index is 12.4. The first-order chi connectivity index (χ1) is 15.8. The van der Waals surface area contributed by atoms with Gasteiger partial charge in [-0.1, -0.05) is 20.8 Å². The number of thiazole rings is 1. The summed E-state index contributed by atoms with van der Waals surface area (Å²) in [6.45, 7) is 6.42. The first-order valence-corrected chi connectivity index (χ1v) is 11.5. The Hall–Kier alpha value is -2.97. The lowest BCUT2D eigenvalue weighted by molar-refractivity contribution is -0.140. The molecule has 3 amide bonds. The number of nitrogens with zero attached hydrogens (tertiary/aromatic N) is 2. The molecule has 0 aromatic carbocycles. The highest BCUT2D eigenvalue weighted by Gasteiger charge is 2.25. The van der Waals surface area contributed by atoms with E-state index in [0.29, 0.717) is 31.6 Å². The quantitative estimate of drug-likeness (QED) is 0.0985. The molecule has 198 valence electrons. The van der Waals surface area contributed by atoms with Gasteiger partial charge in [0.15, 0.2) is 11.1 Å². The van der Waals surface area contributed by atoms with Crippen LogP contribution < -0.4 is 33.2 Å². The summed E-state index contributed by atoms with van der Waals surface area (Å²) in [6, 6.07) is -2.00. The number of hydrogen-bond donors (Lipinski definition) is 7. The molecule has 0 aliphatic carbocycles. The second kappa shape index (κ2) is 15.1. The van der Waals surface area contributed by atoms with Gasteiger partial charge in [-0.25, -0.2) is 4.98 Å². The number of guanidine groups is 1. The molecule has 0 bridgehead atoms. The minimum absolute atomic E-state index is 0. The van der Waals surface area contributed by atoms with Crippen LogP contribution in [-0.2, 0) is 25.6 Å². The summed E-state index contributed by atoms with van der Waals surface area (Å²) in [5, 5.41) is 18.6. The number of nitrogens with two attached hydrogens (primary N) is 3. The number of carboxylic acid groups (broad SMARTS) is 1. The summed E-state index contributed by atoms with van der Waals surface area (Å²) < 4.78 is 0. The molecular formula is C20H35ClN8O5S. The van der Waals surface area contributed by atoms with Crippen molar-refractivity contribution in [2.45, 2.75) is 58.5 Å². The fourth-order valence-corrected chi connectivity index (χ4v) is 3.28. The van der Waals surface area contributed by atoms with E-state index in [4.69, 9.17) is 22.3 Å². The van der Waals surface area contributed by atoms with Crippen molar-refractivity contribution in [2.75, 3.05) is 18.4 Å². The molecule has 1 aromatic rings. The fourth-order valence-electron chi connectivity index (χ4n) is 2.56. The van der Waals surface area contributed by atoms with Gasteiger partial charge < -0.3 is 38.3 Å². The number of aliphatic carboxylic acids is 1. The van der Waals surface area contributed by atoms with Gasteiger partial charge in [0.05, 0.1) is 24.6 Å². The van der Waals surface area contributed by atoms with Crippen LogP contribution in [0, 0.1) is 5.41 Å². The molecule has 0 fully saturated rings. The third kappa shape index (κ3) is 14.1. The normalized spacial score (nSPS) is 12.5. The van der Waals surface area contributed by atoms with Crippen molar-refractivity contribution in [3.8, 4) is 0 Å². The molecule has 13 nitrogen and oxygen atoms in total. The zero-order valence-corrected chi connectivity index (χ0v) is 21.6. The predicted molar refractivity (Wildman–Crippen MR) is 136 cm³/mol. The number of aliphatic imine (C=N–C) groups is 1. The van der Waals surface area contributed by atoms with Gasteiger partial charge in [0.2, 0.25) is 17.7 Å². The molecule has 0 saturated heterocycles. The third-order valence-electron chi connectivity index (χ3n) is 4.25. The van der Waals surface area contributed by atoms with Gasteiger partial charge in [-0.3, -0.25) is 24.2 Å². The molecule has 1 aromatic heterocycles. The Labute approximate surface area is 214 Å². The van der Waals surface area contributed by atoms with Crippen molar-refractivity contribution in [1.29, 1.82) is 0 Å². The minimum Gasteiger partial charge on any atom is -0.481 e. The molecule has 10 N–H and O–H groups in total. The van der Waals surface area contributed by atoms with Crippen molar-refractivity contribution >= 4 is 58.5 Å². The van der Waals surface area contributed by atoms with Crippen LogP contribution >= 0.6 is 23.7 Å². The number of hydrogen-bond acceptors (Lipinski definition) is 8. The average Bonchev–Trinajstić information content (AvgIpc) is 3.14. The van der Waals surface area contributed by atoms with E-state index in [2.05, 4.69) is 25.9 Å². The van der Waals surface area contributed by atoms with Crippen molar-refractivity contribution in [2.24, 2.45) is 27.6 Å². The number of carbonyl (C=O) groups is 4. The van der Waals surface area contributed by atoms with Gasteiger partial charge in [-0.2, -0.15) is 0 Å². The number of halogens is 1. The molecule has 0 radical (unpaired) electrons. The zero-order valence-electron chi connectivity index (χ0n) is 20.0. The minimum atomic E-state index is -1.22. The van der Waals surface area contributed by atoms with Crippen molar-refractivity contribution in [3.63, 3.8) is 0 Å². The number of nitrogens with one attached hydrogen (secondary N) is 3. The van der Waals surface area contributed by atoms with Crippen LogP contribution in [0.5, 0.6) is 0 Å². The number of anilines is 1. The number of aromatic nitrogens is 1. The van der Waals surface area contributed by atoms with E-state index in [1.807, 2.05) is 20.8 Å².